The second-order valence-electron chi connectivity index (χ2n) is 6.80. The highest BCUT2D eigenvalue weighted by Crippen LogP contribution is 2.42. The summed E-state index contributed by atoms with van der Waals surface area (Å²) >= 11 is 7.15. The highest BCUT2D eigenvalue weighted by molar-refractivity contribution is 7.99. The first-order valence-electron chi connectivity index (χ1n) is 9.01. The Morgan fingerprint density at radius 2 is 2.03 bits per heavy atom. The summed E-state index contributed by atoms with van der Waals surface area (Å²) in [6.45, 7) is 1.76. The van der Waals surface area contributed by atoms with Gasteiger partial charge in [-0.15, -0.1) is 0 Å². The minimum Gasteiger partial charge on any atom is -0.325 e. The van der Waals surface area contributed by atoms with Crippen molar-refractivity contribution in [1.29, 1.82) is 0 Å². The zero-order chi connectivity index (χ0) is 22.3. The van der Waals surface area contributed by atoms with Crippen LogP contribution in [0.3, 0.4) is 0 Å². The Hall–Kier alpha value is -2.69. The number of benzene rings is 2. The van der Waals surface area contributed by atoms with Crippen LogP contribution in [0.25, 0.3) is 11.3 Å². The van der Waals surface area contributed by atoms with Crippen molar-refractivity contribution in [2.24, 2.45) is 0 Å². The van der Waals surface area contributed by atoms with E-state index in [0.717, 1.165) is 21.6 Å². The monoisotopic (exact) mass is 478 g/mol. The molecule has 0 spiro atoms. The molecule has 31 heavy (non-hydrogen) atoms. The van der Waals surface area contributed by atoms with Crippen LogP contribution in [0.1, 0.15) is 5.56 Å². The number of sulfonamides is 1. The van der Waals surface area contributed by atoms with E-state index in [1.807, 2.05) is 0 Å². The van der Waals surface area contributed by atoms with E-state index < -0.39 is 15.8 Å². The number of aromatic nitrogens is 2. The first-order valence-corrected chi connectivity index (χ1v) is 11.8. The maximum absolute atomic E-state index is 13.4. The standard InChI is InChI=1S/C20H16ClFN4O3S2/c1-11-3-5-13(22)8-15(11)24-18(27)10-30-20-23-9-17-19(25-20)14-7-12(21)4-6-16(14)26(2)31(17,28)29/h3-9H,10H2,1-2H3,(H,24,27). The van der Waals surface area contributed by atoms with Crippen LogP contribution < -0.4 is 9.62 Å². The second kappa shape index (κ2) is 8.10. The van der Waals surface area contributed by atoms with Crippen molar-refractivity contribution in [3.05, 3.63) is 59.0 Å². The third-order valence-corrected chi connectivity index (χ3v) is 7.60. The fraction of sp³-hybridized carbons (Fsp3) is 0.150. The summed E-state index contributed by atoms with van der Waals surface area (Å²) in [5.74, 6) is -0.852. The summed E-state index contributed by atoms with van der Waals surface area (Å²) in [6, 6.07) is 8.99. The molecule has 3 aromatic rings. The highest BCUT2D eigenvalue weighted by atomic mass is 35.5. The molecule has 7 nitrogen and oxygen atoms in total. The molecule has 11 heteroatoms. The van der Waals surface area contributed by atoms with Crippen molar-refractivity contribution >= 4 is 50.7 Å². The number of aryl methyl sites for hydroxylation is 1. The van der Waals surface area contributed by atoms with Gasteiger partial charge in [0.05, 0.1) is 23.3 Å². The molecule has 160 valence electrons. The van der Waals surface area contributed by atoms with Gasteiger partial charge in [-0.25, -0.2) is 22.8 Å². The van der Waals surface area contributed by atoms with Crippen molar-refractivity contribution in [1.82, 2.24) is 9.97 Å². The van der Waals surface area contributed by atoms with Gasteiger partial charge in [-0.3, -0.25) is 9.10 Å². The number of carbonyl (C=O) groups is 1. The number of hydrogen-bond donors (Lipinski definition) is 1. The molecule has 4 rings (SSSR count). The lowest BCUT2D eigenvalue weighted by Gasteiger charge is -2.28. The van der Waals surface area contributed by atoms with Gasteiger partial charge in [0.1, 0.15) is 10.7 Å². The number of carbonyl (C=O) groups excluding carboxylic acids is 1. The van der Waals surface area contributed by atoms with Gasteiger partial charge >= 0.3 is 0 Å². The summed E-state index contributed by atoms with van der Waals surface area (Å²) in [5, 5.41) is 3.32. The molecule has 0 bridgehead atoms. The third kappa shape index (κ3) is 4.10. The normalized spacial score (nSPS) is 14.0. The Labute approximate surface area is 187 Å². The maximum atomic E-state index is 13.4. The van der Waals surface area contributed by atoms with Gasteiger partial charge in [0.2, 0.25) is 5.91 Å². The summed E-state index contributed by atoms with van der Waals surface area (Å²) < 4.78 is 40.2. The molecule has 1 aliphatic heterocycles. The minimum absolute atomic E-state index is 0.0334. The number of rotatable bonds is 4. The Kier molecular flexibility index (Phi) is 5.63. The van der Waals surface area contributed by atoms with Crippen LogP contribution in [0.15, 0.2) is 52.6 Å². The van der Waals surface area contributed by atoms with E-state index in [2.05, 4.69) is 15.3 Å². The van der Waals surface area contributed by atoms with Gasteiger partial charge in [0, 0.05) is 23.3 Å². The SMILES string of the molecule is Cc1ccc(F)cc1NC(=O)CSc1ncc2c(n1)-c1cc(Cl)ccc1N(C)S2(=O)=O. The van der Waals surface area contributed by atoms with E-state index in [1.54, 1.807) is 31.2 Å². The van der Waals surface area contributed by atoms with Gasteiger partial charge in [-0.2, -0.15) is 0 Å². The first kappa shape index (κ1) is 21.5. The van der Waals surface area contributed by atoms with E-state index >= 15 is 0 Å². The molecule has 0 atom stereocenters. The predicted octanol–water partition coefficient (Wildman–Crippen LogP) is 4.11. The number of thioether (sulfide) groups is 1. The fourth-order valence-corrected chi connectivity index (χ4v) is 5.19. The topological polar surface area (TPSA) is 92.3 Å². The lowest BCUT2D eigenvalue weighted by Crippen LogP contribution is -2.31. The molecule has 1 aliphatic rings. The van der Waals surface area contributed by atoms with Gasteiger partial charge in [0.25, 0.3) is 10.0 Å². The van der Waals surface area contributed by atoms with Crippen LogP contribution in [-0.2, 0) is 14.8 Å². The third-order valence-electron chi connectivity index (χ3n) is 4.73. The molecule has 2 aromatic carbocycles. The van der Waals surface area contributed by atoms with Gasteiger partial charge in [-0.1, -0.05) is 29.4 Å². The van der Waals surface area contributed by atoms with Crippen molar-refractivity contribution in [3.63, 3.8) is 0 Å². The van der Waals surface area contributed by atoms with Crippen molar-refractivity contribution < 1.29 is 17.6 Å². The molecular formula is C20H16ClFN4O3S2. The van der Waals surface area contributed by atoms with Crippen LogP contribution >= 0.6 is 23.4 Å². The Morgan fingerprint density at radius 1 is 1.26 bits per heavy atom. The predicted molar refractivity (Wildman–Crippen MR) is 119 cm³/mol. The summed E-state index contributed by atoms with van der Waals surface area (Å²) in [5.41, 5.74) is 2.35. The zero-order valence-corrected chi connectivity index (χ0v) is 18.8. The average Bonchev–Trinajstić information content (AvgIpc) is 2.73. The average molecular weight is 479 g/mol. The molecule has 2 heterocycles. The number of nitrogens with one attached hydrogen (secondary N) is 1. The second-order valence-corrected chi connectivity index (χ2v) is 10.1. The largest absolute Gasteiger partial charge is 0.325 e. The molecule has 1 amide bonds. The lowest BCUT2D eigenvalue weighted by atomic mass is 10.1. The molecule has 0 saturated heterocycles. The molecule has 0 saturated carbocycles. The van der Waals surface area contributed by atoms with Crippen LogP contribution in [0.2, 0.25) is 5.02 Å². The molecule has 0 aliphatic carbocycles. The number of amides is 1. The summed E-state index contributed by atoms with van der Waals surface area (Å²) in [4.78, 5) is 20.7. The Balaban J connectivity index is 1.59. The van der Waals surface area contributed by atoms with E-state index in [1.165, 1.54) is 25.4 Å². The van der Waals surface area contributed by atoms with Gasteiger partial charge in [0.15, 0.2) is 5.16 Å². The molecule has 0 unspecified atom stereocenters. The van der Waals surface area contributed by atoms with E-state index in [0.29, 0.717) is 22.0 Å². The van der Waals surface area contributed by atoms with Crippen LogP contribution in [-0.4, -0.2) is 37.1 Å². The lowest BCUT2D eigenvalue weighted by molar-refractivity contribution is -0.113. The van der Waals surface area contributed by atoms with E-state index in [4.69, 9.17) is 11.6 Å². The molecule has 1 aromatic heterocycles. The van der Waals surface area contributed by atoms with Crippen molar-refractivity contribution in [2.45, 2.75) is 17.0 Å². The fourth-order valence-electron chi connectivity index (χ4n) is 3.10. The number of anilines is 2. The Morgan fingerprint density at radius 3 is 2.81 bits per heavy atom. The van der Waals surface area contributed by atoms with E-state index in [9.17, 15) is 17.6 Å². The molecule has 0 radical (unpaired) electrons. The van der Waals surface area contributed by atoms with Crippen molar-refractivity contribution in [3.8, 4) is 11.3 Å². The van der Waals surface area contributed by atoms with Gasteiger partial charge in [-0.05, 0) is 42.8 Å². The van der Waals surface area contributed by atoms with E-state index in [-0.39, 0.29) is 27.4 Å². The quantitative estimate of drug-likeness (QED) is 0.448. The van der Waals surface area contributed by atoms with Crippen LogP contribution in [0.5, 0.6) is 0 Å². The van der Waals surface area contributed by atoms with Crippen LogP contribution in [0, 0.1) is 12.7 Å². The van der Waals surface area contributed by atoms with Crippen molar-refractivity contribution in [2.75, 3.05) is 22.4 Å². The van der Waals surface area contributed by atoms with Crippen LogP contribution in [0.4, 0.5) is 15.8 Å². The highest BCUT2D eigenvalue weighted by Gasteiger charge is 2.34. The molecule has 1 N–H and O–H groups in total. The molecular weight excluding hydrogens is 463 g/mol. The summed E-state index contributed by atoms with van der Waals surface area (Å²) in [7, 11) is -2.35. The number of halogens is 2. The summed E-state index contributed by atoms with van der Waals surface area (Å²) in [6.07, 6.45) is 1.23. The number of fused-ring (bicyclic) bond motifs is 3. The minimum atomic E-state index is -3.80. The number of hydrogen-bond acceptors (Lipinski definition) is 6. The maximum Gasteiger partial charge on any atom is 0.267 e. The first-order chi connectivity index (χ1) is 14.7. The van der Waals surface area contributed by atoms with Gasteiger partial charge < -0.3 is 5.32 Å². The zero-order valence-electron chi connectivity index (χ0n) is 16.4. The smallest absolute Gasteiger partial charge is 0.267 e. The number of nitrogens with zero attached hydrogens (tertiary/aromatic N) is 3. The Bertz CT molecular complexity index is 1320. The molecule has 0 fully saturated rings.